The number of carbonyl (C=O) groups excluding carboxylic acids is 3. The number of amides is 1. The Morgan fingerprint density at radius 2 is 1.83 bits per heavy atom. The number of Topliss-reactive ketones (excluding diaryl/α,β-unsaturated/α-hetero) is 2. The van der Waals surface area contributed by atoms with E-state index in [1.807, 2.05) is 66.7 Å². The molecule has 0 radical (unpaired) electrons. The zero-order valence-corrected chi connectivity index (χ0v) is 19.5. The van der Waals surface area contributed by atoms with Gasteiger partial charge in [0.15, 0.2) is 5.78 Å². The molecule has 5 rings (SSSR count). The van der Waals surface area contributed by atoms with Crippen molar-refractivity contribution in [3.63, 3.8) is 0 Å². The van der Waals surface area contributed by atoms with E-state index in [0.717, 1.165) is 33.3 Å². The van der Waals surface area contributed by atoms with Gasteiger partial charge in [-0.25, -0.2) is 0 Å². The Balaban J connectivity index is 1.63. The predicted octanol–water partition coefficient (Wildman–Crippen LogP) is 4.32. The molecule has 6 heteroatoms. The molecule has 3 unspecified atom stereocenters. The fraction of sp³-hybridized carbons (Fsp3) is 0.241. The summed E-state index contributed by atoms with van der Waals surface area (Å²) in [6.07, 6.45) is 4.21. The molecule has 4 aromatic rings. The lowest BCUT2D eigenvalue weighted by Crippen LogP contribution is -2.27. The van der Waals surface area contributed by atoms with Gasteiger partial charge in [0.1, 0.15) is 5.78 Å². The zero-order valence-electron chi connectivity index (χ0n) is 19.5. The summed E-state index contributed by atoms with van der Waals surface area (Å²) in [5, 5.41) is 3.90. The summed E-state index contributed by atoms with van der Waals surface area (Å²) in [7, 11) is 0. The Morgan fingerprint density at radius 3 is 2.57 bits per heavy atom. The first-order valence-corrected chi connectivity index (χ1v) is 11.9. The Bertz CT molecular complexity index is 1380. The van der Waals surface area contributed by atoms with Gasteiger partial charge in [0.25, 0.3) is 0 Å². The minimum atomic E-state index is -0.808. The Labute approximate surface area is 203 Å². The van der Waals surface area contributed by atoms with Crippen LogP contribution in [0.15, 0.2) is 79.1 Å². The van der Waals surface area contributed by atoms with Crippen molar-refractivity contribution in [2.45, 2.75) is 31.6 Å². The number of para-hydroxylation sites is 1. The van der Waals surface area contributed by atoms with Crippen LogP contribution in [-0.4, -0.2) is 34.0 Å². The molecule has 2 aromatic carbocycles. The Hall–Kier alpha value is -4.06. The van der Waals surface area contributed by atoms with Crippen LogP contribution in [0.1, 0.15) is 47.6 Å². The predicted molar refractivity (Wildman–Crippen MR) is 134 cm³/mol. The Morgan fingerprint density at radius 1 is 1.06 bits per heavy atom. The highest BCUT2D eigenvalue weighted by Crippen LogP contribution is 2.44. The number of hydrogen-bond acceptors (Lipinski definition) is 4. The monoisotopic (exact) mass is 465 g/mol. The van der Waals surface area contributed by atoms with Crippen LogP contribution in [0, 0.1) is 5.92 Å². The van der Waals surface area contributed by atoms with E-state index in [-0.39, 0.29) is 23.9 Å². The summed E-state index contributed by atoms with van der Waals surface area (Å²) in [5.41, 5.74) is 4.48. The number of aromatic nitrogens is 2. The van der Waals surface area contributed by atoms with E-state index in [1.54, 1.807) is 12.4 Å². The molecule has 6 nitrogen and oxygen atoms in total. The van der Waals surface area contributed by atoms with Gasteiger partial charge in [-0.3, -0.25) is 19.4 Å². The van der Waals surface area contributed by atoms with Crippen molar-refractivity contribution in [3.05, 3.63) is 102 Å². The quantitative estimate of drug-likeness (QED) is 0.398. The zero-order chi connectivity index (χ0) is 24.4. The number of rotatable bonds is 7. The smallest absolute Gasteiger partial charge is 0.216 e. The highest BCUT2D eigenvalue weighted by molar-refractivity contribution is 6.13. The molecule has 0 bridgehead atoms. The highest BCUT2D eigenvalue weighted by Gasteiger charge is 2.47. The second kappa shape index (κ2) is 9.66. The normalized spacial score (nSPS) is 18.7. The average Bonchev–Trinajstić information content (AvgIpc) is 3.38. The second-order valence-electron chi connectivity index (χ2n) is 9.07. The maximum Gasteiger partial charge on any atom is 0.216 e. The Kier molecular flexibility index (Phi) is 6.27. The fourth-order valence-corrected chi connectivity index (χ4v) is 5.33. The number of H-pyrrole nitrogens is 1. The van der Waals surface area contributed by atoms with Gasteiger partial charge in [-0.15, -0.1) is 0 Å². The number of fused-ring (bicyclic) bond motifs is 1. The average molecular weight is 466 g/mol. The van der Waals surface area contributed by atoms with E-state index in [9.17, 15) is 14.4 Å². The lowest BCUT2D eigenvalue weighted by molar-refractivity contribution is -0.128. The molecule has 1 saturated carbocycles. The third-order valence-corrected chi connectivity index (χ3v) is 6.89. The van der Waals surface area contributed by atoms with E-state index >= 15 is 0 Å². The van der Waals surface area contributed by atoms with Gasteiger partial charge in [0, 0.05) is 54.8 Å². The fourth-order valence-electron chi connectivity index (χ4n) is 5.33. The molecule has 2 aromatic heterocycles. The lowest BCUT2D eigenvalue weighted by atomic mass is 9.79. The molecule has 1 amide bonds. The molecule has 2 N–H and O–H groups in total. The van der Waals surface area contributed by atoms with Gasteiger partial charge < -0.3 is 10.3 Å². The molecular weight excluding hydrogens is 438 g/mol. The standard InChI is InChI=1S/C29H27N3O3/c1-18(33)31-15-13-22-21-11-5-6-12-24(21)32-28(22)26(20-10-7-14-30-17-20)27-25(34)16-23(29(27)35)19-8-3-2-4-9-19/h2-12,14,17,23,26-27,32H,13,15-16H2,1H3,(H,31,33). The minimum absolute atomic E-state index is 0.0517. The molecule has 1 fully saturated rings. The summed E-state index contributed by atoms with van der Waals surface area (Å²) < 4.78 is 0. The number of nitrogens with zero attached hydrogens (tertiary/aromatic N) is 1. The van der Waals surface area contributed by atoms with E-state index in [2.05, 4.69) is 15.3 Å². The maximum atomic E-state index is 13.8. The largest absolute Gasteiger partial charge is 0.358 e. The molecule has 176 valence electrons. The first-order chi connectivity index (χ1) is 17.0. The molecule has 0 aliphatic heterocycles. The first-order valence-electron chi connectivity index (χ1n) is 11.9. The number of benzene rings is 2. The second-order valence-corrected chi connectivity index (χ2v) is 9.07. The van der Waals surface area contributed by atoms with Gasteiger partial charge in [0.2, 0.25) is 5.91 Å². The molecule has 1 aliphatic rings. The lowest BCUT2D eigenvalue weighted by Gasteiger charge is -2.23. The van der Waals surface area contributed by atoms with Gasteiger partial charge in [-0.2, -0.15) is 0 Å². The number of aromatic amines is 1. The number of nitrogens with one attached hydrogen (secondary N) is 2. The van der Waals surface area contributed by atoms with Crippen molar-refractivity contribution >= 4 is 28.4 Å². The van der Waals surface area contributed by atoms with Gasteiger partial charge >= 0.3 is 0 Å². The number of ketones is 2. The molecule has 0 spiro atoms. The number of carbonyl (C=O) groups is 3. The van der Waals surface area contributed by atoms with Crippen LogP contribution in [0.3, 0.4) is 0 Å². The molecule has 1 aliphatic carbocycles. The number of pyridine rings is 1. The summed E-state index contributed by atoms with van der Waals surface area (Å²) in [6, 6.07) is 21.3. The third kappa shape index (κ3) is 4.39. The van der Waals surface area contributed by atoms with Crippen molar-refractivity contribution in [3.8, 4) is 0 Å². The molecule has 3 atom stereocenters. The third-order valence-electron chi connectivity index (χ3n) is 6.89. The first kappa shape index (κ1) is 22.7. The summed E-state index contributed by atoms with van der Waals surface area (Å²) >= 11 is 0. The summed E-state index contributed by atoms with van der Waals surface area (Å²) in [5.74, 6) is -1.94. The van der Waals surface area contributed by atoms with Crippen molar-refractivity contribution < 1.29 is 14.4 Å². The maximum absolute atomic E-state index is 13.8. The van der Waals surface area contributed by atoms with Crippen molar-refractivity contribution in [1.82, 2.24) is 15.3 Å². The van der Waals surface area contributed by atoms with Crippen molar-refractivity contribution in [2.75, 3.05) is 6.54 Å². The SMILES string of the molecule is CC(=O)NCCc1c(C(c2cccnc2)C2C(=O)CC(c3ccccc3)C2=O)[nH]c2ccccc12. The van der Waals surface area contributed by atoms with Gasteiger partial charge in [-0.1, -0.05) is 54.6 Å². The summed E-state index contributed by atoms with van der Waals surface area (Å²) in [6.45, 7) is 1.96. The van der Waals surface area contributed by atoms with Crippen LogP contribution in [0.2, 0.25) is 0 Å². The van der Waals surface area contributed by atoms with E-state index < -0.39 is 17.8 Å². The number of hydrogen-bond donors (Lipinski definition) is 2. The van der Waals surface area contributed by atoms with Crippen LogP contribution in [0.4, 0.5) is 0 Å². The van der Waals surface area contributed by atoms with E-state index in [0.29, 0.717) is 13.0 Å². The highest BCUT2D eigenvalue weighted by atomic mass is 16.2. The summed E-state index contributed by atoms with van der Waals surface area (Å²) in [4.78, 5) is 46.7. The minimum Gasteiger partial charge on any atom is -0.358 e. The van der Waals surface area contributed by atoms with Crippen LogP contribution in [0.5, 0.6) is 0 Å². The van der Waals surface area contributed by atoms with E-state index in [1.165, 1.54) is 6.92 Å². The van der Waals surface area contributed by atoms with Crippen LogP contribution in [0.25, 0.3) is 10.9 Å². The molecule has 2 heterocycles. The van der Waals surface area contributed by atoms with E-state index in [4.69, 9.17) is 0 Å². The van der Waals surface area contributed by atoms with Crippen molar-refractivity contribution in [2.24, 2.45) is 5.92 Å². The molecule has 35 heavy (non-hydrogen) atoms. The van der Waals surface area contributed by atoms with Crippen LogP contribution >= 0.6 is 0 Å². The van der Waals surface area contributed by atoms with Crippen LogP contribution < -0.4 is 5.32 Å². The topological polar surface area (TPSA) is 91.9 Å². The molecule has 0 saturated heterocycles. The molecular formula is C29H27N3O3. The van der Waals surface area contributed by atoms with Gasteiger partial charge in [0.05, 0.1) is 11.8 Å². The van der Waals surface area contributed by atoms with Crippen molar-refractivity contribution in [1.29, 1.82) is 0 Å². The van der Waals surface area contributed by atoms with Crippen LogP contribution in [-0.2, 0) is 20.8 Å². The van der Waals surface area contributed by atoms with Gasteiger partial charge in [-0.05, 0) is 35.2 Å².